The summed E-state index contributed by atoms with van der Waals surface area (Å²) in [6, 6.07) is 17.9. The highest BCUT2D eigenvalue weighted by Crippen LogP contribution is 2.19. The van der Waals surface area contributed by atoms with Gasteiger partial charge in [0.25, 0.3) is 0 Å². The van der Waals surface area contributed by atoms with Crippen LogP contribution < -0.4 is 10.5 Å². The van der Waals surface area contributed by atoms with E-state index in [0.29, 0.717) is 12.4 Å². The third-order valence-electron chi connectivity index (χ3n) is 3.42. The number of methoxy groups -OCH3 is 1. The van der Waals surface area contributed by atoms with Gasteiger partial charge in [0.1, 0.15) is 11.6 Å². The standard InChI is InChI=1S/C17H17N3O.ClH/c1-21-16-9-5-3-7-13(16)11-19-17(18)15-10-12-6-2-4-8-14(12)20-15;/h2-10,20H,11H2,1H3,(H2,18,19);1H. The Kier molecular flexibility index (Phi) is 5.07. The van der Waals surface area contributed by atoms with Crippen molar-refractivity contribution in [1.29, 1.82) is 0 Å². The Labute approximate surface area is 135 Å². The molecule has 1 aromatic heterocycles. The summed E-state index contributed by atoms with van der Waals surface area (Å²) in [5.74, 6) is 1.32. The van der Waals surface area contributed by atoms with E-state index in [4.69, 9.17) is 10.5 Å². The van der Waals surface area contributed by atoms with Gasteiger partial charge in [-0.1, -0.05) is 36.4 Å². The number of hydrogen-bond acceptors (Lipinski definition) is 2. The molecule has 0 saturated carbocycles. The van der Waals surface area contributed by atoms with E-state index in [1.807, 2.05) is 54.6 Å². The topological polar surface area (TPSA) is 63.4 Å². The first-order valence-corrected chi connectivity index (χ1v) is 6.78. The molecule has 0 bridgehead atoms. The van der Waals surface area contributed by atoms with E-state index in [2.05, 4.69) is 9.98 Å². The van der Waals surface area contributed by atoms with Crippen LogP contribution in [0.4, 0.5) is 0 Å². The second-order valence-corrected chi connectivity index (χ2v) is 4.78. The van der Waals surface area contributed by atoms with Gasteiger partial charge in [-0.05, 0) is 18.2 Å². The fourth-order valence-corrected chi connectivity index (χ4v) is 2.30. The molecule has 3 aromatic rings. The molecule has 4 nitrogen and oxygen atoms in total. The zero-order valence-corrected chi connectivity index (χ0v) is 13.1. The van der Waals surface area contributed by atoms with Crippen LogP contribution in [0.5, 0.6) is 5.75 Å². The molecule has 0 unspecified atom stereocenters. The van der Waals surface area contributed by atoms with Gasteiger partial charge in [0, 0.05) is 16.5 Å². The van der Waals surface area contributed by atoms with Crippen LogP contribution in [0.15, 0.2) is 59.6 Å². The second kappa shape index (κ2) is 7.00. The number of aliphatic imine (C=N–C) groups is 1. The van der Waals surface area contributed by atoms with Gasteiger partial charge < -0.3 is 15.5 Å². The number of nitrogens with one attached hydrogen (secondary N) is 1. The SMILES string of the molecule is COc1ccccc1CN=C(N)c1cc2ccccc2[nH]1.Cl. The number of fused-ring (bicyclic) bond motifs is 1. The first-order chi connectivity index (χ1) is 10.3. The molecule has 0 spiro atoms. The molecule has 0 aliphatic rings. The number of benzene rings is 2. The van der Waals surface area contributed by atoms with Crippen LogP contribution in [0, 0.1) is 0 Å². The summed E-state index contributed by atoms with van der Waals surface area (Å²) >= 11 is 0. The predicted molar refractivity (Wildman–Crippen MR) is 93.0 cm³/mol. The summed E-state index contributed by atoms with van der Waals surface area (Å²) in [6.45, 7) is 0.491. The number of aromatic amines is 1. The van der Waals surface area contributed by atoms with Crippen molar-refractivity contribution in [2.24, 2.45) is 10.7 Å². The van der Waals surface area contributed by atoms with Gasteiger partial charge in [-0.3, -0.25) is 4.99 Å². The number of rotatable bonds is 4. The number of para-hydroxylation sites is 2. The highest BCUT2D eigenvalue weighted by molar-refractivity contribution is 6.00. The van der Waals surface area contributed by atoms with Crippen molar-refractivity contribution >= 4 is 29.1 Å². The lowest BCUT2D eigenvalue weighted by molar-refractivity contribution is 0.410. The molecule has 114 valence electrons. The van der Waals surface area contributed by atoms with E-state index in [9.17, 15) is 0 Å². The molecule has 0 saturated heterocycles. The molecule has 0 aliphatic carbocycles. The van der Waals surface area contributed by atoms with Crippen LogP contribution in [0.2, 0.25) is 0 Å². The first-order valence-electron chi connectivity index (χ1n) is 6.78. The molecule has 1 heterocycles. The summed E-state index contributed by atoms with van der Waals surface area (Å²) < 4.78 is 5.31. The minimum absolute atomic E-state index is 0. The molecule has 2 aromatic carbocycles. The van der Waals surface area contributed by atoms with Crippen LogP contribution >= 0.6 is 12.4 Å². The summed E-state index contributed by atoms with van der Waals surface area (Å²) in [5.41, 5.74) is 8.99. The fraction of sp³-hybridized carbons (Fsp3) is 0.118. The molecule has 0 fully saturated rings. The van der Waals surface area contributed by atoms with E-state index >= 15 is 0 Å². The fourth-order valence-electron chi connectivity index (χ4n) is 2.30. The highest BCUT2D eigenvalue weighted by Gasteiger charge is 2.05. The molecule has 0 radical (unpaired) electrons. The van der Waals surface area contributed by atoms with Gasteiger partial charge >= 0.3 is 0 Å². The number of aromatic nitrogens is 1. The van der Waals surface area contributed by atoms with Crippen molar-refractivity contribution in [3.63, 3.8) is 0 Å². The minimum atomic E-state index is 0. The molecule has 0 atom stereocenters. The maximum absolute atomic E-state index is 6.08. The minimum Gasteiger partial charge on any atom is -0.496 e. The van der Waals surface area contributed by atoms with E-state index in [1.165, 1.54) is 0 Å². The molecule has 0 amide bonds. The normalized spacial score (nSPS) is 11.2. The highest BCUT2D eigenvalue weighted by atomic mass is 35.5. The summed E-state index contributed by atoms with van der Waals surface area (Å²) in [4.78, 5) is 7.72. The van der Waals surface area contributed by atoms with Gasteiger partial charge in [-0.25, -0.2) is 0 Å². The number of halogens is 1. The van der Waals surface area contributed by atoms with Crippen LogP contribution in [0.3, 0.4) is 0 Å². The summed E-state index contributed by atoms with van der Waals surface area (Å²) in [7, 11) is 1.66. The maximum Gasteiger partial charge on any atom is 0.142 e. The average molecular weight is 316 g/mol. The number of amidine groups is 1. The first kappa shape index (κ1) is 15.9. The van der Waals surface area contributed by atoms with Crippen LogP contribution in [-0.2, 0) is 6.54 Å². The maximum atomic E-state index is 6.08. The van der Waals surface area contributed by atoms with Gasteiger partial charge in [0.2, 0.25) is 0 Å². The zero-order valence-electron chi connectivity index (χ0n) is 12.2. The average Bonchev–Trinajstić information content (AvgIpc) is 2.97. The third kappa shape index (κ3) is 3.23. The molecule has 0 aliphatic heterocycles. The van der Waals surface area contributed by atoms with E-state index in [-0.39, 0.29) is 12.4 Å². The third-order valence-corrected chi connectivity index (χ3v) is 3.42. The van der Waals surface area contributed by atoms with Crippen molar-refractivity contribution < 1.29 is 4.74 Å². The Morgan fingerprint density at radius 1 is 1.14 bits per heavy atom. The largest absolute Gasteiger partial charge is 0.496 e. The van der Waals surface area contributed by atoms with Crippen molar-refractivity contribution in [3.05, 3.63) is 65.9 Å². The molecule has 3 rings (SSSR count). The second-order valence-electron chi connectivity index (χ2n) is 4.78. The summed E-state index contributed by atoms with van der Waals surface area (Å²) in [6.07, 6.45) is 0. The van der Waals surface area contributed by atoms with Gasteiger partial charge in [-0.2, -0.15) is 0 Å². The number of hydrogen-bond donors (Lipinski definition) is 2. The van der Waals surface area contributed by atoms with Gasteiger partial charge in [0.15, 0.2) is 0 Å². The van der Waals surface area contributed by atoms with E-state index < -0.39 is 0 Å². The Morgan fingerprint density at radius 3 is 2.64 bits per heavy atom. The van der Waals surface area contributed by atoms with Crippen molar-refractivity contribution in [2.75, 3.05) is 7.11 Å². The Bertz CT molecular complexity index is 762. The van der Waals surface area contributed by atoms with Crippen molar-refractivity contribution in [1.82, 2.24) is 4.98 Å². The number of H-pyrrole nitrogens is 1. The Balaban J connectivity index is 0.00000176. The Morgan fingerprint density at radius 2 is 1.86 bits per heavy atom. The van der Waals surface area contributed by atoms with Crippen LogP contribution in [-0.4, -0.2) is 17.9 Å². The molecular formula is C17H18ClN3O. The molecular weight excluding hydrogens is 298 g/mol. The quantitative estimate of drug-likeness (QED) is 0.571. The molecule has 5 heteroatoms. The lowest BCUT2D eigenvalue weighted by atomic mass is 10.2. The van der Waals surface area contributed by atoms with Crippen LogP contribution in [0.1, 0.15) is 11.3 Å². The monoisotopic (exact) mass is 315 g/mol. The van der Waals surface area contributed by atoms with E-state index in [1.54, 1.807) is 7.11 Å². The zero-order chi connectivity index (χ0) is 14.7. The van der Waals surface area contributed by atoms with E-state index in [0.717, 1.165) is 27.9 Å². The van der Waals surface area contributed by atoms with Gasteiger partial charge in [-0.15, -0.1) is 12.4 Å². The van der Waals surface area contributed by atoms with Gasteiger partial charge in [0.05, 0.1) is 19.3 Å². The van der Waals surface area contributed by atoms with Crippen molar-refractivity contribution in [2.45, 2.75) is 6.54 Å². The smallest absolute Gasteiger partial charge is 0.142 e. The number of nitrogens with two attached hydrogens (primary N) is 1. The molecule has 22 heavy (non-hydrogen) atoms. The van der Waals surface area contributed by atoms with Crippen molar-refractivity contribution in [3.8, 4) is 5.75 Å². The molecule has 3 N–H and O–H groups in total. The summed E-state index contributed by atoms with van der Waals surface area (Å²) in [5, 5.41) is 1.13. The van der Waals surface area contributed by atoms with Crippen LogP contribution in [0.25, 0.3) is 10.9 Å². The predicted octanol–water partition coefficient (Wildman–Crippen LogP) is 3.50. The number of nitrogens with zero attached hydrogens (tertiary/aromatic N) is 1. The number of ether oxygens (including phenoxy) is 1. The lowest BCUT2D eigenvalue weighted by Gasteiger charge is -2.05. The Hall–Kier alpha value is -2.46. The lowest BCUT2D eigenvalue weighted by Crippen LogP contribution is -2.14.